The molecule has 1 nitrogen and oxygen atoms in total. The van der Waals surface area contributed by atoms with Crippen molar-refractivity contribution < 1.29 is 0 Å². The van der Waals surface area contributed by atoms with E-state index in [1.54, 1.807) is 0 Å². The number of nitrogens with one attached hydrogen (secondary N) is 1. The zero-order chi connectivity index (χ0) is 14.3. The van der Waals surface area contributed by atoms with Crippen molar-refractivity contribution in [2.75, 3.05) is 13.1 Å². The molecule has 1 N–H and O–H groups in total. The number of benzene rings is 1. The van der Waals surface area contributed by atoms with Gasteiger partial charge in [0, 0.05) is 4.47 Å². The maximum absolute atomic E-state index is 3.56. The van der Waals surface area contributed by atoms with E-state index in [-0.39, 0.29) is 0 Å². The van der Waals surface area contributed by atoms with Gasteiger partial charge >= 0.3 is 0 Å². The van der Waals surface area contributed by atoms with Gasteiger partial charge in [-0.25, -0.2) is 0 Å². The van der Waals surface area contributed by atoms with Crippen LogP contribution < -0.4 is 5.32 Å². The summed E-state index contributed by atoms with van der Waals surface area (Å²) in [5.74, 6) is 0.730. The smallest absolute Gasteiger partial charge is 0.0177 e. The Kier molecular flexibility index (Phi) is 7.09. The van der Waals surface area contributed by atoms with Crippen LogP contribution in [0.2, 0.25) is 0 Å². The Morgan fingerprint density at radius 3 is 2.58 bits per heavy atom. The molecule has 19 heavy (non-hydrogen) atoms. The quantitative estimate of drug-likeness (QED) is 0.740. The summed E-state index contributed by atoms with van der Waals surface area (Å²) in [6.07, 6.45) is 3.75. The average molecular weight is 326 g/mol. The monoisotopic (exact) mass is 325 g/mol. The zero-order valence-corrected chi connectivity index (χ0v) is 14.4. The van der Waals surface area contributed by atoms with Crippen LogP contribution in [-0.2, 0) is 6.42 Å². The molecule has 0 bridgehead atoms. The fraction of sp³-hybridized carbons (Fsp3) is 0.647. The maximum Gasteiger partial charge on any atom is 0.0177 e. The summed E-state index contributed by atoms with van der Waals surface area (Å²) in [6.45, 7) is 11.4. The molecule has 1 aromatic carbocycles. The summed E-state index contributed by atoms with van der Waals surface area (Å²) < 4.78 is 1.18. The highest BCUT2D eigenvalue weighted by Crippen LogP contribution is 2.25. The Morgan fingerprint density at radius 1 is 1.26 bits per heavy atom. The molecule has 2 heteroatoms. The van der Waals surface area contributed by atoms with Gasteiger partial charge in [0.05, 0.1) is 0 Å². The summed E-state index contributed by atoms with van der Waals surface area (Å²) >= 11 is 3.56. The molecule has 0 amide bonds. The molecule has 0 saturated carbocycles. The third-order valence-electron chi connectivity index (χ3n) is 3.40. The summed E-state index contributed by atoms with van der Waals surface area (Å²) in [5, 5.41) is 3.51. The van der Waals surface area contributed by atoms with Gasteiger partial charge in [-0.2, -0.15) is 0 Å². The molecule has 0 spiro atoms. The van der Waals surface area contributed by atoms with Crippen molar-refractivity contribution in [3.63, 3.8) is 0 Å². The first-order valence-electron chi connectivity index (χ1n) is 7.36. The summed E-state index contributed by atoms with van der Waals surface area (Å²) in [7, 11) is 0. The number of hydrogen-bond acceptors (Lipinski definition) is 1. The fourth-order valence-electron chi connectivity index (χ4n) is 2.26. The molecule has 0 aliphatic carbocycles. The van der Waals surface area contributed by atoms with E-state index >= 15 is 0 Å². The molecule has 1 atom stereocenters. The molecule has 0 aliphatic rings. The van der Waals surface area contributed by atoms with E-state index in [9.17, 15) is 0 Å². The van der Waals surface area contributed by atoms with Gasteiger partial charge < -0.3 is 5.32 Å². The lowest BCUT2D eigenvalue weighted by atomic mass is 9.84. The second-order valence-electron chi connectivity index (χ2n) is 6.61. The third kappa shape index (κ3) is 7.74. The topological polar surface area (TPSA) is 12.0 Å². The Bertz CT molecular complexity index is 368. The number of halogens is 1. The number of rotatable bonds is 7. The van der Waals surface area contributed by atoms with Crippen molar-refractivity contribution in [2.45, 2.75) is 47.0 Å². The second kappa shape index (κ2) is 8.06. The molecule has 0 saturated heterocycles. The van der Waals surface area contributed by atoms with E-state index in [1.165, 1.54) is 29.3 Å². The maximum atomic E-state index is 3.56. The van der Waals surface area contributed by atoms with Crippen LogP contribution in [0.1, 0.15) is 46.1 Å². The van der Waals surface area contributed by atoms with Gasteiger partial charge in [-0.05, 0) is 61.4 Å². The standard InChI is InChI=1S/C17H28BrN/c1-5-19-13-15(9-10-17(2,3)4)11-14-7-6-8-16(18)12-14/h6-8,12,15,19H,5,9-11,13H2,1-4H3. The summed E-state index contributed by atoms with van der Waals surface area (Å²) in [5.41, 5.74) is 1.87. The minimum absolute atomic E-state index is 0.432. The van der Waals surface area contributed by atoms with Gasteiger partial charge in [-0.15, -0.1) is 0 Å². The van der Waals surface area contributed by atoms with Crippen molar-refractivity contribution in [3.8, 4) is 0 Å². The third-order valence-corrected chi connectivity index (χ3v) is 3.89. The van der Waals surface area contributed by atoms with Crippen LogP contribution in [0.5, 0.6) is 0 Å². The molecule has 1 rings (SSSR count). The Morgan fingerprint density at radius 2 is 2.00 bits per heavy atom. The van der Waals surface area contributed by atoms with E-state index in [0.717, 1.165) is 19.0 Å². The lowest BCUT2D eigenvalue weighted by molar-refractivity contribution is 0.314. The largest absolute Gasteiger partial charge is 0.317 e. The van der Waals surface area contributed by atoms with Crippen LogP contribution in [0, 0.1) is 11.3 Å². The van der Waals surface area contributed by atoms with E-state index < -0.39 is 0 Å². The van der Waals surface area contributed by atoms with Crippen LogP contribution in [0.25, 0.3) is 0 Å². The first kappa shape index (κ1) is 16.7. The summed E-state index contributed by atoms with van der Waals surface area (Å²) in [6, 6.07) is 8.71. The van der Waals surface area contributed by atoms with Crippen LogP contribution >= 0.6 is 15.9 Å². The van der Waals surface area contributed by atoms with E-state index in [4.69, 9.17) is 0 Å². The lowest BCUT2D eigenvalue weighted by Gasteiger charge is -2.23. The first-order valence-corrected chi connectivity index (χ1v) is 8.15. The predicted octanol–water partition coefficient (Wildman–Crippen LogP) is 5.04. The lowest BCUT2D eigenvalue weighted by Crippen LogP contribution is -2.25. The fourth-order valence-corrected chi connectivity index (χ4v) is 2.71. The SMILES string of the molecule is CCNCC(CCC(C)(C)C)Cc1cccc(Br)c1. The van der Waals surface area contributed by atoms with Gasteiger partial charge in [-0.1, -0.05) is 55.8 Å². The van der Waals surface area contributed by atoms with Crippen LogP contribution in [0.15, 0.2) is 28.7 Å². The van der Waals surface area contributed by atoms with E-state index in [1.807, 2.05) is 0 Å². The highest BCUT2D eigenvalue weighted by atomic mass is 79.9. The minimum atomic E-state index is 0.432. The molecule has 1 unspecified atom stereocenters. The molecule has 0 radical (unpaired) electrons. The summed E-state index contributed by atoms with van der Waals surface area (Å²) in [4.78, 5) is 0. The Hall–Kier alpha value is -0.340. The molecular formula is C17H28BrN. The van der Waals surface area contributed by atoms with Gasteiger partial charge in [-0.3, -0.25) is 0 Å². The molecule has 1 aromatic rings. The van der Waals surface area contributed by atoms with Crippen molar-refractivity contribution in [1.82, 2.24) is 5.32 Å². The second-order valence-corrected chi connectivity index (χ2v) is 7.52. The van der Waals surface area contributed by atoms with Crippen LogP contribution in [-0.4, -0.2) is 13.1 Å². The van der Waals surface area contributed by atoms with E-state index in [2.05, 4.69) is 73.2 Å². The van der Waals surface area contributed by atoms with Crippen molar-refractivity contribution >= 4 is 15.9 Å². The van der Waals surface area contributed by atoms with Gasteiger partial charge in [0.25, 0.3) is 0 Å². The van der Waals surface area contributed by atoms with Gasteiger partial charge in [0.15, 0.2) is 0 Å². The minimum Gasteiger partial charge on any atom is -0.317 e. The predicted molar refractivity (Wildman–Crippen MR) is 88.6 cm³/mol. The van der Waals surface area contributed by atoms with Crippen molar-refractivity contribution in [3.05, 3.63) is 34.3 Å². The molecule has 0 fully saturated rings. The normalized spacial score (nSPS) is 13.5. The van der Waals surface area contributed by atoms with E-state index in [0.29, 0.717) is 5.41 Å². The van der Waals surface area contributed by atoms with Crippen LogP contribution in [0.3, 0.4) is 0 Å². The average Bonchev–Trinajstić information content (AvgIpc) is 2.31. The molecular weight excluding hydrogens is 298 g/mol. The highest BCUT2D eigenvalue weighted by molar-refractivity contribution is 9.10. The molecule has 0 aliphatic heterocycles. The Labute approximate surface area is 127 Å². The molecule has 0 aromatic heterocycles. The van der Waals surface area contributed by atoms with Crippen molar-refractivity contribution in [2.24, 2.45) is 11.3 Å². The van der Waals surface area contributed by atoms with Crippen LogP contribution in [0.4, 0.5) is 0 Å². The molecule has 0 heterocycles. The first-order chi connectivity index (χ1) is 8.90. The highest BCUT2D eigenvalue weighted by Gasteiger charge is 2.15. The Balaban J connectivity index is 2.58. The zero-order valence-electron chi connectivity index (χ0n) is 12.8. The number of hydrogen-bond donors (Lipinski definition) is 1. The van der Waals surface area contributed by atoms with Crippen molar-refractivity contribution in [1.29, 1.82) is 0 Å². The molecule has 108 valence electrons. The van der Waals surface area contributed by atoms with Gasteiger partial charge in [0.1, 0.15) is 0 Å². The van der Waals surface area contributed by atoms with Gasteiger partial charge in [0.2, 0.25) is 0 Å².